The molecule has 0 fully saturated rings. The Morgan fingerprint density at radius 1 is 1.11 bits per heavy atom. The number of hydrogen-bond acceptors (Lipinski definition) is 6. The quantitative estimate of drug-likeness (QED) is 0.343. The van der Waals surface area contributed by atoms with Gasteiger partial charge in [-0.15, -0.1) is 0 Å². The minimum absolute atomic E-state index is 0.119. The number of ether oxygens (including phenoxy) is 1. The molecule has 1 rings (SSSR count). The summed E-state index contributed by atoms with van der Waals surface area (Å²) in [7, 11) is 4.20. The van der Waals surface area contributed by atoms with Gasteiger partial charge in [0.2, 0.25) is 0 Å². The Hall–Kier alpha value is -2.37. The molecule has 0 atom stereocenters. The first kappa shape index (κ1) is 13.7. The Labute approximate surface area is 105 Å². The van der Waals surface area contributed by atoms with Crippen molar-refractivity contribution >= 4 is 17.9 Å². The lowest BCUT2D eigenvalue weighted by Crippen LogP contribution is -2.20. The molecule has 0 aliphatic carbocycles. The first-order valence-electron chi connectivity index (χ1n) is 5.09. The Morgan fingerprint density at radius 3 is 2.33 bits per heavy atom. The summed E-state index contributed by atoms with van der Waals surface area (Å²) < 4.78 is 5.06. The molecule has 0 saturated carbocycles. The van der Waals surface area contributed by atoms with Crippen LogP contribution in [0.5, 0.6) is 0 Å². The predicted octanol–water partition coefficient (Wildman–Crippen LogP) is 1.46. The van der Waals surface area contributed by atoms with Crippen molar-refractivity contribution < 1.29 is 19.2 Å². The highest BCUT2D eigenvalue weighted by Crippen LogP contribution is 2.10. The molecule has 0 saturated heterocycles. The van der Waals surface area contributed by atoms with Gasteiger partial charge >= 0.3 is 0 Å². The zero-order valence-electron chi connectivity index (χ0n) is 10.4. The van der Waals surface area contributed by atoms with Gasteiger partial charge in [0.25, 0.3) is 5.90 Å². The van der Waals surface area contributed by atoms with Crippen molar-refractivity contribution in [2.24, 2.45) is 10.3 Å². The van der Waals surface area contributed by atoms with Crippen LogP contribution in [-0.2, 0) is 14.4 Å². The van der Waals surface area contributed by atoms with Gasteiger partial charge in [0.05, 0.1) is 7.11 Å². The zero-order valence-corrected chi connectivity index (χ0v) is 10.4. The number of benzene rings is 1. The summed E-state index contributed by atoms with van der Waals surface area (Å²) in [6.07, 6.45) is 0.723. The van der Waals surface area contributed by atoms with Crippen LogP contribution in [-0.4, -0.2) is 39.2 Å². The fourth-order valence-electron chi connectivity index (χ4n) is 1.37. The largest absolute Gasteiger partial charge is 0.477 e. The Balaban J connectivity index is 3.33. The second kappa shape index (κ2) is 7.05. The minimum atomic E-state index is 0.119. The van der Waals surface area contributed by atoms with Gasteiger partial charge in [-0.3, -0.25) is 4.79 Å². The highest BCUT2D eigenvalue weighted by Gasteiger charge is 2.17. The van der Waals surface area contributed by atoms with Gasteiger partial charge < -0.3 is 14.4 Å². The van der Waals surface area contributed by atoms with Crippen LogP contribution in [0, 0.1) is 0 Å². The highest BCUT2D eigenvalue weighted by atomic mass is 16.6. The van der Waals surface area contributed by atoms with E-state index in [9.17, 15) is 4.79 Å². The standard InChI is InChI=1S/C12H14N2O4/c1-16-12(14-18-3)11(13-17-2)10-7-5-4-6-9(10)8-15/h4-8H,1-3H3/b13-11+,14-12-. The number of methoxy groups -OCH3 is 1. The van der Waals surface area contributed by atoms with E-state index in [4.69, 9.17) is 9.57 Å². The van der Waals surface area contributed by atoms with Gasteiger partial charge in [-0.05, 0) is 5.16 Å². The Bertz CT molecular complexity index is 469. The molecule has 18 heavy (non-hydrogen) atoms. The van der Waals surface area contributed by atoms with Gasteiger partial charge in [0.15, 0.2) is 12.0 Å². The van der Waals surface area contributed by atoms with Crippen molar-refractivity contribution in [3.8, 4) is 0 Å². The predicted molar refractivity (Wildman–Crippen MR) is 66.8 cm³/mol. The SMILES string of the molecule is CO/N=C(OC)/C(=N/OC)c1ccccc1C=O. The number of hydrogen-bond donors (Lipinski definition) is 0. The van der Waals surface area contributed by atoms with Gasteiger partial charge in [-0.25, -0.2) is 0 Å². The van der Waals surface area contributed by atoms with Crippen LogP contribution in [0.3, 0.4) is 0 Å². The van der Waals surface area contributed by atoms with Gasteiger partial charge in [-0.2, -0.15) is 0 Å². The average Bonchev–Trinajstić information content (AvgIpc) is 2.42. The Morgan fingerprint density at radius 2 is 1.78 bits per heavy atom. The van der Waals surface area contributed by atoms with E-state index in [1.165, 1.54) is 21.3 Å². The molecule has 0 N–H and O–H groups in total. The summed E-state index contributed by atoms with van der Waals surface area (Å²) in [5.41, 5.74) is 1.28. The summed E-state index contributed by atoms with van der Waals surface area (Å²) in [4.78, 5) is 20.4. The molecule has 0 aromatic heterocycles. The number of nitrogens with zero attached hydrogens (tertiary/aromatic N) is 2. The lowest BCUT2D eigenvalue weighted by atomic mass is 10.0. The third-order valence-corrected chi connectivity index (χ3v) is 2.10. The number of aldehydes is 1. The second-order valence-electron chi connectivity index (χ2n) is 3.11. The molecule has 6 nitrogen and oxygen atoms in total. The van der Waals surface area contributed by atoms with E-state index >= 15 is 0 Å². The van der Waals surface area contributed by atoms with E-state index in [0.717, 1.165) is 6.29 Å². The first-order valence-corrected chi connectivity index (χ1v) is 5.09. The molecule has 1 aromatic carbocycles. The van der Waals surface area contributed by atoms with E-state index in [2.05, 4.69) is 15.1 Å². The van der Waals surface area contributed by atoms with Gasteiger partial charge in [-0.1, -0.05) is 29.4 Å². The first-order chi connectivity index (χ1) is 8.78. The van der Waals surface area contributed by atoms with E-state index < -0.39 is 0 Å². The van der Waals surface area contributed by atoms with E-state index in [1.54, 1.807) is 24.3 Å². The third-order valence-electron chi connectivity index (χ3n) is 2.10. The van der Waals surface area contributed by atoms with Crippen molar-refractivity contribution in [3.05, 3.63) is 35.4 Å². The highest BCUT2D eigenvalue weighted by molar-refractivity contribution is 6.46. The summed E-state index contributed by atoms with van der Waals surface area (Å²) in [6.45, 7) is 0. The number of carbonyl (C=O) groups excluding carboxylic acids is 1. The topological polar surface area (TPSA) is 69.5 Å². The Kier molecular flexibility index (Phi) is 5.37. The molecule has 0 radical (unpaired) electrons. The molecule has 96 valence electrons. The van der Waals surface area contributed by atoms with Crippen LogP contribution in [0.4, 0.5) is 0 Å². The molecule has 1 aromatic rings. The molecule has 0 amide bonds. The molecular weight excluding hydrogens is 236 g/mol. The second-order valence-corrected chi connectivity index (χ2v) is 3.11. The summed E-state index contributed by atoms with van der Waals surface area (Å²) >= 11 is 0. The molecule has 0 spiro atoms. The molecule has 6 heteroatoms. The van der Waals surface area contributed by atoms with Crippen LogP contribution in [0.25, 0.3) is 0 Å². The summed E-state index contributed by atoms with van der Waals surface area (Å²) in [5, 5.41) is 7.50. The van der Waals surface area contributed by atoms with E-state index in [1.807, 2.05) is 0 Å². The van der Waals surface area contributed by atoms with Gasteiger partial charge in [0, 0.05) is 11.1 Å². The monoisotopic (exact) mass is 250 g/mol. The lowest BCUT2D eigenvalue weighted by Gasteiger charge is -2.09. The van der Waals surface area contributed by atoms with Crippen LogP contribution in [0.15, 0.2) is 34.6 Å². The van der Waals surface area contributed by atoms with E-state index in [-0.39, 0.29) is 11.6 Å². The molecule has 0 heterocycles. The molecule has 0 aliphatic rings. The van der Waals surface area contributed by atoms with Crippen molar-refractivity contribution in [1.82, 2.24) is 0 Å². The van der Waals surface area contributed by atoms with Crippen LogP contribution in [0.1, 0.15) is 15.9 Å². The van der Waals surface area contributed by atoms with Crippen LogP contribution in [0.2, 0.25) is 0 Å². The fourth-order valence-corrected chi connectivity index (χ4v) is 1.37. The smallest absolute Gasteiger partial charge is 0.280 e. The van der Waals surface area contributed by atoms with Crippen molar-refractivity contribution in [2.75, 3.05) is 21.3 Å². The molecular formula is C12H14N2O4. The normalized spacial score (nSPS) is 11.9. The third kappa shape index (κ3) is 3.07. The summed E-state index contributed by atoms with van der Waals surface area (Å²) in [6, 6.07) is 6.89. The molecule has 0 bridgehead atoms. The number of carbonyl (C=O) groups is 1. The zero-order chi connectivity index (χ0) is 13.4. The maximum absolute atomic E-state index is 11.0. The number of rotatable bonds is 5. The average molecular weight is 250 g/mol. The van der Waals surface area contributed by atoms with Crippen molar-refractivity contribution in [1.29, 1.82) is 0 Å². The van der Waals surface area contributed by atoms with E-state index in [0.29, 0.717) is 11.1 Å². The fraction of sp³-hybridized carbons (Fsp3) is 0.250. The molecule has 0 unspecified atom stereocenters. The maximum atomic E-state index is 11.0. The summed E-state index contributed by atoms with van der Waals surface area (Å²) in [5.74, 6) is 0.119. The minimum Gasteiger partial charge on any atom is -0.477 e. The lowest BCUT2D eigenvalue weighted by molar-refractivity contribution is 0.112. The molecule has 0 aliphatic heterocycles. The number of oxime groups is 2. The van der Waals surface area contributed by atoms with Crippen molar-refractivity contribution in [3.63, 3.8) is 0 Å². The van der Waals surface area contributed by atoms with Crippen LogP contribution >= 0.6 is 0 Å². The maximum Gasteiger partial charge on any atom is 0.280 e. The van der Waals surface area contributed by atoms with Crippen molar-refractivity contribution in [2.45, 2.75) is 0 Å². The van der Waals surface area contributed by atoms with Crippen LogP contribution < -0.4 is 0 Å². The van der Waals surface area contributed by atoms with Gasteiger partial charge in [0.1, 0.15) is 14.2 Å².